The van der Waals surface area contributed by atoms with Gasteiger partial charge in [-0.3, -0.25) is 24.5 Å². The van der Waals surface area contributed by atoms with E-state index in [4.69, 9.17) is 11.6 Å². The lowest BCUT2D eigenvalue weighted by Gasteiger charge is -2.41. The highest BCUT2D eigenvalue weighted by atomic mass is 35.5. The van der Waals surface area contributed by atoms with Gasteiger partial charge in [-0.05, 0) is 44.3 Å². The van der Waals surface area contributed by atoms with Crippen LogP contribution in [0.5, 0.6) is 5.75 Å². The van der Waals surface area contributed by atoms with Crippen LogP contribution in [0.3, 0.4) is 0 Å². The van der Waals surface area contributed by atoms with E-state index in [2.05, 4.69) is 26.8 Å². The van der Waals surface area contributed by atoms with Crippen LogP contribution in [0.25, 0.3) is 0 Å². The van der Waals surface area contributed by atoms with Gasteiger partial charge in [0.1, 0.15) is 5.75 Å². The third-order valence-electron chi connectivity index (χ3n) is 5.42. The molecule has 1 saturated carbocycles. The molecule has 2 rings (SSSR count). The molecule has 1 fully saturated rings. The highest BCUT2D eigenvalue weighted by molar-refractivity contribution is 6.32. The lowest BCUT2D eigenvalue weighted by molar-refractivity contribution is -0.274. The van der Waals surface area contributed by atoms with Crippen molar-refractivity contribution in [2.45, 2.75) is 55.7 Å². The number of hydrogen-bond acceptors (Lipinski definition) is 5. The van der Waals surface area contributed by atoms with Crippen LogP contribution < -0.4 is 15.0 Å². The predicted octanol–water partition coefficient (Wildman–Crippen LogP) is 4.80. The first kappa shape index (κ1) is 29.1. The summed E-state index contributed by atoms with van der Waals surface area (Å²) in [6, 6.07) is 2.64. The molecule has 7 nitrogen and oxygen atoms in total. The Morgan fingerprint density at radius 2 is 1.92 bits per heavy atom. The third-order valence-corrected chi connectivity index (χ3v) is 5.61. The maximum absolute atomic E-state index is 14.1. The van der Waals surface area contributed by atoms with E-state index in [0.29, 0.717) is 4.90 Å². The lowest BCUT2D eigenvalue weighted by atomic mass is 9.88. The summed E-state index contributed by atoms with van der Waals surface area (Å²) < 4.78 is 83.1. The van der Waals surface area contributed by atoms with Crippen LogP contribution in [-0.4, -0.2) is 61.3 Å². The number of aliphatic imine (C=N–C) groups is 2. The second kappa shape index (κ2) is 11.3. The molecule has 0 aromatic heterocycles. The fraction of sp³-hybridized carbons (Fsp3) is 0.455. The molecule has 0 spiro atoms. The molecule has 1 aromatic rings. The Morgan fingerprint density at radius 1 is 1.31 bits per heavy atom. The zero-order chi connectivity index (χ0) is 27.3. The molecule has 0 unspecified atom stereocenters. The molecule has 1 N–H and O–H groups in total. The number of carbonyl (C=O) groups excluding carboxylic acids is 2. The number of alkyl halides is 7. The van der Waals surface area contributed by atoms with Gasteiger partial charge in [-0.15, -0.1) is 13.2 Å². The number of rotatable bonds is 9. The molecule has 36 heavy (non-hydrogen) atoms. The lowest BCUT2D eigenvalue weighted by Crippen LogP contribution is -2.63. The fourth-order valence-corrected chi connectivity index (χ4v) is 3.88. The molecule has 0 aliphatic heterocycles. The van der Waals surface area contributed by atoms with Crippen molar-refractivity contribution in [3.8, 4) is 5.75 Å². The highest BCUT2D eigenvalue weighted by Gasteiger charge is 2.49. The van der Waals surface area contributed by atoms with E-state index in [1.807, 2.05) is 0 Å². The maximum atomic E-state index is 14.1. The first-order valence-corrected chi connectivity index (χ1v) is 10.8. The van der Waals surface area contributed by atoms with Gasteiger partial charge in [0.15, 0.2) is 5.54 Å². The largest absolute Gasteiger partial charge is 0.573 e. The standard InChI is InChI=1S/C22H23ClF6N4O3/c1-20(13(11-30-2)12-31-3,19(35)32-14-8-9-21(25,26)10-14)33(18(34)17(23)24)15-4-6-16(7-5-15)36-22(27,28)29/h4-7,11-12,14,17H,2,8-10H2,1,3H3,(H,32,35)/b13-11+,31-12-/t14-,17+,20+/m1/s1. The molecule has 0 bridgehead atoms. The van der Waals surface area contributed by atoms with E-state index in [-0.39, 0.29) is 17.7 Å². The van der Waals surface area contributed by atoms with Gasteiger partial charge in [-0.1, -0.05) is 11.6 Å². The zero-order valence-electron chi connectivity index (χ0n) is 19.2. The first-order chi connectivity index (χ1) is 16.6. The maximum Gasteiger partial charge on any atom is 0.573 e. The quantitative estimate of drug-likeness (QED) is 0.277. The normalized spacial score (nSPS) is 20.5. The molecule has 0 radical (unpaired) electrons. The van der Waals surface area contributed by atoms with Gasteiger partial charge in [0.05, 0.1) is 0 Å². The number of carbonyl (C=O) groups is 2. The van der Waals surface area contributed by atoms with Crippen LogP contribution in [0.15, 0.2) is 46.0 Å². The van der Waals surface area contributed by atoms with E-state index >= 15 is 0 Å². The van der Waals surface area contributed by atoms with Gasteiger partial charge in [0.2, 0.25) is 5.92 Å². The van der Waals surface area contributed by atoms with Crippen molar-refractivity contribution in [2.75, 3.05) is 11.9 Å². The van der Waals surface area contributed by atoms with Gasteiger partial charge in [-0.2, -0.15) is 0 Å². The van der Waals surface area contributed by atoms with Gasteiger partial charge in [0, 0.05) is 49.6 Å². The van der Waals surface area contributed by atoms with Gasteiger partial charge in [0.25, 0.3) is 17.4 Å². The first-order valence-electron chi connectivity index (χ1n) is 10.4. The number of nitrogens with one attached hydrogen (secondary N) is 1. The average Bonchev–Trinajstić information content (AvgIpc) is 3.11. The van der Waals surface area contributed by atoms with Crippen LogP contribution in [0.1, 0.15) is 26.2 Å². The minimum Gasteiger partial charge on any atom is -0.406 e. The number of amides is 2. The molecular weight excluding hydrogens is 518 g/mol. The summed E-state index contributed by atoms with van der Waals surface area (Å²) in [7, 11) is 1.32. The molecule has 14 heteroatoms. The Labute approximate surface area is 207 Å². The Balaban J connectivity index is 2.65. The zero-order valence-corrected chi connectivity index (χ0v) is 19.9. The number of halogens is 7. The number of hydrogen-bond donors (Lipinski definition) is 1. The molecule has 1 aromatic carbocycles. The third kappa shape index (κ3) is 6.99. The molecule has 1 aliphatic rings. The molecule has 2 amide bonds. The second-order valence-corrected chi connectivity index (χ2v) is 8.39. The van der Waals surface area contributed by atoms with Crippen LogP contribution >= 0.6 is 11.6 Å². The summed E-state index contributed by atoms with van der Waals surface area (Å²) in [5, 5.41) is 2.44. The van der Waals surface area contributed by atoms with E-state index in [1.54, 1.807) is 0 Å². The molecule has 3 atom stereocenters. The number of benzene rings is 1. The summed E-state index contributed by atoms with van der Waals surface area (Å²) in [5.41, 5.74) is -5.27. The minimum atomic E-state index is -5.00. The molecule has 0 saturated heterocycles. The van der Waals surface area contributed by atoms with E-state index in [1.165, 1.54) is 7.05 Å². The topological polar surface area (TPSA) is 83.4 Å². The van der Waals surface area contributed by atoms with Gasteiger partial charge in [-0.25, -0.2) is 13.2 Å². The van der Waals surface area contributed by atoms with E-state index in [0.717, 1.165) is 43.6 Å². The second-order valence-electron chi connectivity index (χ2n) is 8.01. The minimum absolute atomic E-state index is 0.0614. The molecule has 1 aliphatic carbocycles. The summed E-state index contributed by atoms with van der Waals surface area (Å²) in [6.07, 6.45) is -4.04. The Bertz CT molecular complexity index is 1030. The Morgan fingerprint density at radius 3 is 2.36 bits per heavy atom. The highest BCUT2D eigenvalue weighted by Crippen LogP contribution is 2.37. The van der Waals surface area contributed by atoms with Gasteiger partial charge < -0.3 is 10.1 Å². The summed E-state index contributed by atoms with van der Waals surface area (Å²) in [4.78, 5) is 34.5. The van der Waals surface area contributed by atoms with Crippen molar-refractivity contribution >= 4 is 42.0 Å². The van der Waals surface area contributed by atoms with Crippen molar-refractivity contribution in [2.24, 2.45) is 9.98 Å². The summed E-state index contributed by atoms with van der Waals surface area (Å²) in [5.74, 6) is -6.14. The SMILES string of the molecule is C=N/C=C(\C=N/C)[C@@](C)(C(=O)N[C@@H]1CCC(F)(F)C1)N(C(=O)[C@H](F)Cl)c1ccc(OC(F)(F)F)cc1. The predicted molar refractivity (Wildman–Crippen MR) is 123 cm³/mol. The van der Waals surface area contributed by atoms with Crippen LogP contribution in [0, 0.1) is 0 Å². The number of nitrogens with zero attached hydrogens (tertiary/aromatic N) is 3. The van der Waals surface area contributed by atoms with Crippen molar-refractivity contribution in [1.29, 1.82) is 0 Å². The summed E-state index contributed by atoms with van der Waals surface area (Å²) >= 11 is 5.42. The monoisotopic (exact) mass is 540 g/mol. The number of ether oxygens (including phenoxy) is 1. The fourth-order valence-electron chi connectivity index (χ4n) is 3.78. The van der Waals surface area contributed by atoms with E-state index in [9.17, 15) is 35.9 Å². The number of anilines is 1. The van der Waals surface area contributed by atoms with Crippen LogP contribution in [0.2, 0.25) is 0 Å². The summed E-state index contributed by atoms with van der Waals surface area (Å²) in [6.45, 7) is 4.45. The smallest absolute Gasteiger partial charge is 0.406 e. The molecule has 0 heterocycles. The van der Waals surface area contributed by atoms with Crippen LogP contribution in [-0.2, 0) is 9.59 Å². The van der Waals surface area contributed by atoms with Crippen LogP contribution in [0.4, 0.5) is 32.0 Å². The van der Waals surface area contributed by atoms with Crippen molar-refractivity contribution in [3.05, 3.63) is 36.0 Å². The molecular formula is C22H23ClF6N4O3. The Kier molecular flexibility index (Phi) is 9.16. The average molecular weight is 541 g/mol. The molecule has 198 valence electrons. The van der Waals surface area contributed by atoms with Gasteiger partial charge >= 0.3 is 6.36 Å². The van der Waals surface area contributed by atoms with Crippen molar-refractivity contribution in [3.63, 3.8) is 0 Å². The van der Waals surface area contributed by atoms with E-state index < -0.39 is 59.9 Å². The Hall–Kier alpha value is -3.09. The van der Waals surface area contributed by atoms with Crippen molar-refractivity contribution < 1.29 is 40.7 Å². The van der Waals surface area contributed by atoms with Crippen molar-refractivity contribution in [1.82, 2.24) is 5.32 Å².